The molecule has 1 atom stereocenters. The number of nitrogens with one attached hydrogen (secondary N) is 1. The van der Waals surface area contributed by atoms with Crippen molar-refractivity contribution in [2.45, 2.75) is 6.10 Å². The van der Waals surface area contributed by atoms with Crippen LogP contribution in [0.1, 0.15) is 11.7 Å². The Morgan fingerprint density at radius 1 is 1.55 bits per heavy atom. The van der Waals surface area contributed by atoms with Crippen LogP contribution in [0.5, 0.6) is 5.75 Å². The average molecular weight is 277 g/mol. The van der Waals surface area contributed by atoms with E-state index in [4.69, 9.17) is 9.47 Å². The maximum atomic E-state index is 14.4. The van der Waals surface area contributed by atoms with Gasteiger partial charge in [-0.2, -0.15) is 5.10 Å². The van der Waals surface area contributed by atoms with Gasteiger partial charge in [-0.15, -0.1) is 5.10 Å². The molecule has 1 N–H and O–H groups in total. The molecule has 1 saturated heterocycles. The minimum Gasteiger partial charge on any atom is -0.434 e. The van der Waals surface area contributed by atoms with Crippen molar-refractivity contribution in [1.82, 2.24) is 5.32 Å². The number of morpholine rings is 1. The van der Waals surface area contributed by atoms with Crippen molar-refractivity contribution in [2.75, 3.05) is 19.7 Å². The summed E-state index contributed by atoms with van der Waals surface area (Å²) in [5.74, 6) is -0.336. The maximum Gasteiger partial charge on any atom is 0.238 e. The minimum atomic E-state index is -0.472. The number of hydrogen-bond donors (Lipinski definition) is 1. The minimum absolute atomic E-state index is 0.0546. The van der Waals surface area contributed by atoms with Gasteiger partial charge in [-0.25, -0.2) is 4.39 Å². The molecule has 0 saturated carbocycles. The van der Waals surface area contributed by atoms with E-state index in [1.807, 2.05) is 0 Å². The first kappa shape index (κ1) is 14.4. The van der Waals surface area contributed by atoms with Gasteiger partial charge in [-0.05, 0) is 12.1 Å². The highest BCUT2D eigenvalue weighted by molar-refractivity contribution is 5.89. The lowest BCUT2D eigenvalue weighted by Crippen LogP contribution is -2.33. The number of benzene rings is 1. The summed E-state index contributed by atoms with van der Waals surface area (Å²) in [6.45, 7) is 8.62. The molecule has 0 amide bonds. The first-order valence-electron chi connectivity index (χ1n) is 6.21. The summed E-state index contributed by atoms with van der Waals surface area (Å²) in [5, 5.41) is 10.1. The zero-order chi connectivity index (χ0) is 14.4. The van der Waals surface area contributed by atoms with Crippen LogP contribution in [0, 0.1) is 5.82 Å². The standard InChI is InChI=1S/C14H16FN3O2/c1-3-13(18-16-2)20-11-6-4-5-10(14(11)15)12-9-17-7-8-19-12/h3-6,12,17H,1-2,7-9H2/b18-13+/t12-/m0/s1. The lowest BCUT2D eigenvalue weighted by molar-refractivity contribution is 0.0253. The Kier molecular flexibility index (Phi) is 4.97. The fourth-order valence-corrected chi connectivity index (χ4v) is 1.91. The molecular formula is C14H16FN3O2. The second-order valence-corrected chi connectivity index (χ2v) is 4.11. The lowest BCUT2D eigenvalue weighted by Gasteiger charge is -2.24. The van der Waals surface area contributed by atoms with Crippen LogP contribution in [0.3, 0.4) is 0 Å². The van der Waals surface area contributed by atoms with Gasteiger partial charge in [0.2, 0.25) is 5.90 Å². The highest BCUT2D eigenvalue weighted by Gasteiger charge is 2.21. The first-order chi connectivity index (χ1) is 9.76. The molecule has 0 spiro atoms. The zero-order valence-electron chi connectivity index (χ0n) is 11.0. The summed E-state index contributed by atoms with van der Waals surface area (Å²) in [4.78, 5) is 0. The SMILES string of the molecule is C=C/C(=N\N=C)Oc1cccc([C@@H]2CNCCO2)c1F. The molecule has 20 heavy (non-hydrogen) atoms. The van der Waals surface area contributed by atoms with Gasteiger partial charge in [0.05, 0.1) is 12.7 Å². The number of hydrogen-bond acceptors (Lipinski definition) is 5. The lowest BCUT2D eigenvalue weighted by atomic mass is 10.1. The number of nitrogens with zero attached hydrogens (tertiary/aromatic N) is 2. The van der Waals surface area contributed by atoms with Gasteiger partial charge in [-0.3, -0.25) is 0 Å². The van der Waals surface area contributed by atoms with E-state index in [1.165, 1.54) is 12.1 Å². The summed E-state index contributed by atoms with van der Waals surface area (Å²) >= 11 is 0. The predicted molar refractivity (Wildman–Crippen MR) is 75.8 cm³/mol. The van der Waals surface area contributed by atoms with Crippen molar-refractivity contribution in [3.63, 3.8) is 0 Å². The van der Waals surface area contributed by atoms with Crippen LogP contribution in [0.25, 0.3) is 0 Å². The average Bonchev–Trinajstić information content (AvgIpc) is 2.49. The Bertz CT molecular complexity index is 525. The number of ether oxygens (including phenoxy) is 2. The second-order valence-electron chi connectivity index (χ2n) is 4.11. The van der Waals surface area contributed by atoms with E-state index in [2.05, 4.69) is 28.8 Å². The van der Waals surface area contributed by atoms with Crippen LogP contribution < -0.4 is 10.1 Å². The van der Waals surface area contributed by atoms with Crippen molar-refractivity contribution in [3.8, 4) is 5.75 Å². The molecule has 0 bridgehead atoms. The Labute approximate surface area is 116 Å². The van der Waals surface area contributed by atoms with Gasteiger partial charge in [0.15, 0.2) is 11.6 Å². The highest BCUT2D eigenvalue weighted by atomic mass is 19.1. The van der Waals surface area contributed by atoms with Gasteiger partial charge in [0.25, 0.3) is 0 Å². The van der Waals surface area contributed by atoms with E-state index in [9.17, 15) is 4.39 Å². The summed E-state index contributed by atoms with van der Waals surface area (Å²) in [6, 6.07) is 4.89. The Morgan fingerprint density at radius 3 is 3.05 bits per heavy atom. The number of halogens is 1. The van der Waals surface area contributed by atoms with Crippen LogP contribution >= 0.6 is 0 Å². The van der Waals surface area contributed by atoms with Crippen molar-refractivity contribution in [3.05, 3.63) is 42.2 Å². The van der Waals surface area contributed by atoms with Crippen LogP contribution in [-0.4, -0.2) is 32.3 Å². The second kappa shape index (κ2) is 6.93. The molecule has 6 heteroatoms. The van der Waals surface area contributed by atoms with E-state index in [0.29, 0.717) is 18.7 Å². The van der Waals surface area contributed by atoms with Crippen LogP contribution in [0.4, 0.5) is 4.39 Å². The van der Waals surface area contributed by atoms with Gasteiger partial charge < -0.3 is 14.8 Å². The molecule has 0 unspecified atom stereocenters. The van der Waals surface area contributed by atoms with Gasteiger partial charge in [-0.1, -0.05) is 18.7 Å². The molecule has 1 aromatic rings. The summed E-state index contributed by atoms with van der Waals surface area (Å²) in [5.41, 5.74) is 0.449. The molecule has 1 aliphatic rings. The van der Waals surface area contributed by atoms with Crippen LogP contribution in [0.15, 0.2) is 41.1 Å². The summed E-state index contributed by atoms with van der Waals surface area (Å²) < 4.78 is 25.3. The van der Waals surface area contributed by atoms with Crippen molar-refractivity contribution >= 4 is 12.6 Å². The normalized spacial score (nSPS) is 19.4. The molecule has 106 valence electrons. The molecule has 0 radical (unpaired) electrons. The van der Waals surface area contributed by atoms with Gasteiger partial charge in [0, 0.05) is 25.4 Å². The smallest absolute Gasteiger partial charge is 0.238 e. The molecule has 2 rings (SSSR count). The van der Waals surface area contributed by atoms with E-state index in [1.54, 1.807) is 12.1 Å². The summed E-state index contributed by atoms with van der Waals surface area (Å²) in [6.07, 6.45) is 1.01. The third-order valence-corrected chi connectivity index (χ3v) is 2.83. The predicted octanol–water partition coefficient (Wildman–Crippen LogP) is 2.07. The Morgan fingerprint density at radius 2 is 2.40 bits per heavy atom. The van der Waals surface area contributed by atoms with Gasteiger partial charge in [0.1, 0.15) is 0 Å². The molecule has 1 aromatic carbocycles. The third kappa shape index (κ3) is 3.28. The van der Waals surface area contributed by atoms with Crippen LogP contribution in [-0.2, 0) is 4.74 Å². The van der Waals surface area contributed by atoms with Crippen molar-refractivity contribution in [1.29, 1.82) is 0 Å². The highest BCUT2D eigenvalue weighted by Crippen LogP contribution is 2.28. The van der Waals surface area contributed by atoms with E-state index in [-0.39, 0.29) is 17.8 Å². The number of rotatable bonds is 4. The van der Waals surface area contributed by atoms with Crippen LogP contribution in [0.2, 0.25) is 0 Å². The largest absolute Gasteiger partial charge is 0.434 e. The molecular weight excluding hydrogens is 261 g/mol. The molecule has 0 aliphatic carbocycles. The zero-order valence-corrected chi connectivity index (χ0v) is 11.0. The van der Waals surface area contributed by atoms with Crippen molar-refractivity contribution < 1.29 is 13.9 Å². The molecule has 1 aliphatic heterocycles. The monoisotopic (exact) mass is 277 g/mol. The molecule has 1 heterocycles. The summed E-state index contributed by atoms with van der Waals surface area (Å²) in [7, 11) is 0. The quantitative estimate of drug-likeness (QED) is 0.521. The Hall–Kier alpha value is -2.05. The fourth-order valence-electron chi connectivity index (χ4n) is 1.91. The maximum absolute atomic E-state index is 14.4. The van der Waals surface area contributed by atoms with E-state index >= 15 is 0 Å². The molecule has 0 aromatic heterocycles. The third-order valence-electron chi connectivity index (χ3n) is 2.83. The molecule has 1 fully saturated rings. The van der Waals surface area contributed by atoms with Crippen molar-refractivity contribution in [2.24, 2.45) is 10.2 Å². The fraction of sp³-hybridized carbons (Fsp3) is 0.286. The van der Waals surface area contributed by atoms with E-state index in [0.717, 1.165) is 6.54 Å². The van der Waals surface area contributed by atoms with Gasteiger partial charge >= 0.3 is 0 Å². The molecule has 5 nitrogen and oxygen atoms in total. The Balaban J connectivity index is 2.24. The first-order valence-corrected chi connectivity index (χ1v) is 6.21. The van der Waals surface area contributed by atoms with E-state index < -0.39 is 5.82 Å². The topological polar surface area (TPSA) is 55.2 Å².